The minimum atomic E-state index is -1.79. The van der Waals surface area contributed by atoms with Crippen molar-refractivity contribution in [1.29, 1.82) is 0 Å². The summed E-state index contributed by atoms with van der Waals surface area (Å²) in [6, 6.07) is -0.853. The van der Waals surface area contributed by atoms with Gasteiger partial charge < -0.3 is 65.1 Å². The van der Waals surface area contributed by atoms with Crippen LogP contribution in [0.3, 0.4) is 0 Å². The lowest BCUT2D eigenvalue weighted by molar-refractivity contribution is -0.359. The van der Waals surface area contributed by atoms with Gasteiger partial charge in [0.25, 0.3) is 0 Å². The Hall–Kier alpha value is -2.57. The molecule has 0 aromatic carbocycles. The maximum atomic E-state index is 13.1. The number of carbonyl (C=O) groups is 1. The first-order valence-electron chi connectivity index (χ1n) is 23.7. The topological polar surface area (TPSA) is 228 Å². The maximum Gasteiger partial charge on any atom is 0.220 e. The van der Waals surface area contributed by atoms with E-state index >= 15 is 0 Å². The fourth-order valence-corrected chi connectivity index (χ4v) is 7.30. The van der Waals surface area contributed by atoms with Gasteiger partial charge in [0.2, 0.25) is 5.91 Å². The molecule has 0 saturated carbocycles. The van der Waals surface area contributed by atoms with Crippen LogP contribution in [0, 0.1) is 0 Å². The van der Waals surface area contributed by atoms with Gasteiger partial charge in [0.1, 0.15) is 48.8 Å². The van der Waals surface area contributed by atoms with Gasteiger partial charge in [-0.25, -0.2) is 0 Å². The Morgan fingerprint density at radius 2 is 1.10 bits per heavy atom. The normalized spacial score (nSPS) is 28.2. The summed E-state index contributed by atoms with van der Waals surface area (Å²) in [6.07, 6.45) is 26.4. The molecule has 1 amide bonds. The zero-order valence-corrected chi connectivity index (χ0v) is 38.0. The van der Waals surface area contributed by atoms with E-state index in [1.807, 2.05) is 0 Å². The molecule has 2 heterocycles. The Kier molecular flexibility index (Phi) is 32.0. The summed E-state index contributed by atoms with van der Waals surface area (Å²) in [5.41, 5.74) is 0. The zero-order chi connectivity index (χ0) is 46.1. The largest absolute Gasteiger partial charge is 0.394 e. The fourth-order valence-electron chi connectivity index (χ4n) is 7.30. The zero-order valence-electron chi connectivity index (χ0n) is 38.0. The molecule has 0 spiro atoms. The van der Waals surface area contributed by atoms with Crippen molar-refractivity contribution < 1.29 is 64.6 Å². The van der Waals surface area contributed by atoms with E-state index in [4.69, 9.17) is 18.9 Å². The number of ether oxygens (including phenoxy) is 4. The van der Waals surface area contributed by atoms with Gasteiger partial charge in [-0.05, 0) is 64.2 Å². The summed E-state index contributed by atoms with van der Waals surface area (Å²) >= 11 is 0. The van der Waals surface area contributed by atoms with E-state index < -0.39 is 86.8 Å². The lowest BCUT2D eigenvalue weighted by Crippen LogP contribution is -2.65. The van der Waals surface area contributed by atoms with Crippen molar-refractivity contribution in [3.05, 3.63) is 72.9 Å². The molecule has 2 aliphatic heterocycles. The summed E-state index contributed by atoms with van der Waals surface area (Å²) in [7, 11) is 0. The van der Waals surface area contributed by atoms with E-state index in [1.165, 1.54) is 25.7 Å². The van der Waals surface area contributed by atoms with Crippen LogP contribution in [0.25, 0.3) is 0 Å². The number of rotatable bonds is 34. The van der Waals surface area contributed by atoms with Crippen molar-refractivity contribution in [1.82, 2.24) is 5.32 Å². The molecule has 12 atom stereocenters. The average molecular weight is 894 g/mol. The third-order valence-electron chi connectivity index (χ3n) is 11.2. The van der Waals surface area contributed by atoms with Gasteiger partial charge in [-0.1, -0.05) is 138 Å². The van der Waals surface area contributed by atoms with E-state index in [1.54, 1.807) is 0 Å². The summed E-state index contributed by atoms with van der Waals surface area (Å²) in [4.78, 5) is 13.1. The molecule has 9 N–H and O–H groups in total. The summed E-state index contributed by atoms with van der Waals surface area (Å²) < 4.78 is 22.6. The van der Waals surface area contributed by atoms with E-state index in [2.05, 4.69) is 92.1 Å². The fraction of sp³-hybridized carbons (Fsp3) is 0.735. The van der Waals surface area contributed by atoms with E-state index in [9.17, 15) is 45.6 Å². The predicted octanol–water partition coefficient (Wildman–Crippen LogP) is 5.26. The second-order valence-electron chi connectivity index (χ2n) is 16.5. The molecule has 2 aliphatic rings. The number of nitrogens with one attached hydrogen (secondary N) is 1. The number of allylic oxidation sites excluding steroid dienone is 12. The van der Waals surface area contributed by atoms with Crippen molar-refractivity contribution in [3.63, 3.8) is 0 Å². The molecule has 14 nitrogen and oxygen atoms in total. The van der Waals surface area contributed by atoms with Crippen LogP contribution in [-0.4, -0.2) is 140 Å². The molecular formula is C49H83NO13. The first kappa shape index (κ1) is 56.6. The van der Waals surface area contributed by atoms with Gasteiger partial charge in [0.15, 0.2) is 12.6 Å². The molecular weight excluding hydrogens is 811 g/mol. The van der Waals surface area contributed by atoms with Crippen molar-refractivity contribution >= 4 is 5.91 Å². The lowest BCUT2D eigenvalue weighted by atomic mass is 9.97. The number of unbranched alkanes of at least 4 members (excludes halogenated alkanes) is 9. The van der Waals surface area contributed by atoms with Crippen molar-refractivity contribution in [2.45, 2.75) is 209 Å². The minimum Gasteiger partial charge on any atom is -0.394 e. The molecule has 0 aromatic rings. The molecule has 0 radical (unpaired) electrons. The molecule has 0 aromatic heterocycles. The molecule has 2 rings (SSSR count). The minimum absolute atomic E-state index is 0.244. The van der Waals surface area contributed by atoms with Gasteiger partial charge in [-0.15, -0.1) is 0 Å². The van der Waals surface area contributed by atoms with E-state index in [0.717, 1.165) is 77.0 Å². The molecule has 14 heteroatoms. The number of amides is 1. The quantitative estimate of drug-likeness (QED) is 0.0297. The van der Waals surface area contributed by atoms with Crippen LogP contribution >= 0.6 is 0 Å². The third-order valence-corrected chi connectivity index (χ3v) is 11.2. The number of hydrogen-bond acceptors (Lipinski definition) is 13. The second kappa shape index (κ2) is 35.7. The highest BCUT2D eigenvalue weighted by atomic mass is 16.7. The van der Waals surface area contributed by atoms with Gasteiger partial charge in [0, 0.05) is 6.42 Å². The number of carbonyl (C=O) groups excluding carboxylic acids is 1. The third kappa shape index (κ3) is 23.4. The van der Waals surface area contributed by atoms with Crippen LogP contribution in [0.5, 0.6) is 0 Å². The molecule has 2 fully saturated rings. The second-order valence-corrected chi connectivity index (χ2v) is 16.5. The summed E-state index contributed by atoms with van der Waals surface area (Å²) in [6.45, 7) is 2.63. The van der Waals surface area contributed by atoms with Crippen LogP contribution in [0.15, 0.2) is 72.9 Å². The highest BCUT2D eigenvalue weighted by Gasteiger charge is 2.51. The van der Waals surface area contributed by atoms with Crippen LogP contribution in [0.4, 0.5) is 0 Å². The standard InChI is InChI=1S/C49H83NO13/c1-3-5-7-9-11-13-14-15-16-17-18-19-20-21-22-23-24-25-27-29-31-33-41(54)50-37(38(53)32-30-28-26-12-10-8-6-4-2)36-60-48-46(59)44(57)47(40(35-52)62-48)63-49-45(58)43(56)42(55)39(34-51)61-49/h5,7,11,13,15-16,18-19,21-22,24-25,37-40,42-49,51-53,55-59H,3-4,6,8-10,12,14,17,20,23,26-36H2,1-2H3,(H,50,54)/b7-5-,13-11-,16-15-,19-18-,22-21-,25-24-. The maximum absolute atomic E-state index is 13.1. The van der Waals surface area contributed by atoms with Crippen LogP contribution in [-0.2, 0) is 23.7 Å². The van der Waals surface area contributed by atoms with Gasteiger partial charge in [-0.2, -0.15) is 0 Å². The van der Waals surface area contributed by atoms with E-state index in [0.29, 0.717) is 12.8 Å². The van der Waals surface area contributed by atoms with E-state index in [-0.39, 0.29) is 18.9 Å². The first-order valence-corrected chi connectivity index (χ1v) is 23.7. The van der Waals surface area contributed by atoms with Gasteiger partial charge >= 0.3 is 0 Å². The molecule has 362 valence electrons. The summed E-state index contributed by atoms with van der Waals surface area (Å²) in [5, 5.41) is 86.5. The highest BCUT2D eigenvalue weighted by Crippen LogP contribution is 2.30. The van der Waals surface area contributed by atoms with Crippen molar-refractivity contribution in [2.24, 2.45) is 0 Å². The van der Waals surface area contributed by atoms with Crippen molar-refractivity contribution in [3.8, 4) is 0 Å². The van der Waals surface area contributed by atoms with Crippen molar-refractivity contribution in [2.75, 3.05) is 19.8 Å². The summed E-state index contributed by atoms with van der Waals surface area (Å²) in [5.74, 6) is -0.257. The number of hydrogen-bond donors (Lipinski definition) is 9. The number of aliphatic hydroxyl groups is 8. The Bertz CT molecular complexity index is 1330. The predicted molar refractivity (Wildman–Crippen MR) is 244 cm³/mol. The average Bonchev–Trinajstić information content (AvgIpc) is 3.28. The molecule has 0 bridgehead atoms. The van der Waals surface area contributed by atoms with Gasteiger partial charge in [-0.3, -0.25) is 4.79 Å². The molecule has 2 saturated heterocycles. The smallest absolute Gasteiger partial charge is 0.220 e. The van der Waals surface area contributed by atoms with Gasteiger partial charge in [0.05, 0.1) is 32.0 Å². The SMILES string of the molecule is CC/C=C\C/C=C\C/C=C\C/C=C\C/C=C\C/C=C\CCCCC(=O)NC(COC1OC(CO)C(OC2OC(CO)C(O)C(O)C2O)C(O)C1O)C(O)CCCCCCCCCC. The monoisotopic (exact) mass is 894 g/mol. The Morgan fingerprint density at radius 3 is 1.65 bits per heavy atom. The highest BCUT2D eigenvalue weighted by molar-refractivity contribution is 5.76. The molecule has 12 unspecified atom stereocenters. The number of aliphatic hydroxyl groups excluding tert-OH is 8. The Labute approximate surface area is 377 Å². The molecule has 63 heavy (non-hydrogen) atoms. The first-order chi connectivity index (χ1) is 30.6. The van der Waals surface area contributed by atoms with Crippen LogP contribution in [0.2, 0.25) is 0 Å². The molecule has 0 aliphatic carbocycles. The van der Waals surface area contributed by atoms with Crippen LogP contribution < -0.4 is 5.32 Å². The lowest BCUT2D eigenvalue weighted by Gasteiger charge is -2.46. The van der Waals surface area contributed by atoms with Crippen LogP contribution in [0.1, 0.15) is 136 Å². The Morgan fingerprint density at radius 1 is 0.587 bits per heavy atom. The Balaban J connectivity index is 1.83.